The molecule has 0 bridgehead atoms. The zero-order valence-corrected chi connectivity index (χ0v) is 20.1. The number of aromatic nitrogens is 6. The molecule has 0 fully saturated rings. The molecule has 6 rings (SSSR count). The van der Waals surface area contributed by atoms with E-state index in [0.717, 1.165) is 46.6 Å². The van der Waals surface area contributed by atoms with Crippen molar-refractivity contribution in [1.29, 1.82) is 0 Å². The summed E-state index contributed by atoms with van der Waals surface area (Å²) in [6.45, 7) is 0. The topological polar surface area (TPSA) is 111 Å². The van der Waals surface area contributed by atoms with Gasteiger partial charge in [0.2, 0.25) is 0 Å². The number of nitrogens with zero attached hydrogens (tertiary/aromatic N) is 4. The van der Waals surface area contributed by atoms with Crippen LogP contribution < -0.4 is 5.56 Å². The Hall–Kier alpha value is -3.89. The van der Waals surface area contributed by atoms with Crippen molar-refractivity contribution < 1.29 is 9.53 Å². The van der Waals surface area contributed by atoms with Gasteiger partial charge in [-0.25, -0.2) is 19.7 Å². The second-order valence-electron chi connectivity index (χ2n) is 8.25. The Kier molecular flexibility index (Phi) is 5.19. The molecule has 0 unspecified atom stereocenters. The first-order valence-corrected chi connectivity index (χ1v) is 12.1. The number of nitrogens with one attached hydrogen (secondary N) is 2. The summed E-state index contributed by atoms with van der Waals surface area (Å²) in [4.78, 5) is 33.5. The lowest BCUT2D eigenvalue weighted by Crippen LogP contribution is -2.24. The van der Waals surface area contributed by atoms with Gasteiger partial charge in [-0.3, -0.25) is 4.79 Å². The molecule has 0 amide bonds. The van der Waals surface area contributed by atoms with E-state index in [2.05, 4.69) is 20.3 Å². The second kappa shape index (κ2) is 8.40. The number of methoxy groups -OCH3 is 1. The monoisotopic (exact) mass is 506 g/mol. The molecule has 4 aromatic heterocycles. The van der Waals surface area contributed by atoms with E-state index in [1.54, 1.807) is 40.0 Å². The van der Waals surface area contributed by atoms with Crippen LogP contribution in [-0.2, 0) is 11.2 Å². The van der Waals surface area contributed by atoms with Crippen LogP contribution in [0.3, 0.4) is 0 Å². The molecule has 5 heterocycles. The number of halogens is 1. The third-order valence-corrected chi connectivity index (χ3v) is 7.35. The van der Waals surface area contributed by atoms with Crippen LogP contribution in [0.5, 0.6) is 0 Å². The molecule has 35 heavy (non-hydrogen) atoms. The van der Waals surface area contributed by atoms with Crippen molar-refractivity contribution in [2.24, 2.45) is 0 Å². The zero-order valence-electron chi connectivity index (χ0n) is 18.5. The number of aromatic amines is 2. The number of hydrogen-bond acceptors (Lipinski definition) is 6. The number of H-pyrrole nitrogens is 2. The van der Waals surface area contributed by atoms with E-state index in [0.29, 0.717) is 15.7 Å². The summed E-state index contributed by atoms with van der Waals surface area (Å²) in [5.41, 5.74) is 4.99. The number of imidazole rings is 1. The molecule has 2 N–H and O–H groups in total. The van der Waals surface area contributed by atoms with E-state index in [-0.39, 0.29) is 17.6 Å². The number of fused-ring (bicyclic) bond motifs is 1. The molecule has 1 aliphatic heterocycles. The maximum absolute atomic E-state index is 13.3. The zero-order chi connectivity index (χ0) is 24.1. The number of esters is 1. The Bertz CT molecular complexity index is 1610. The van der Waals surface area contributed by atoms with Crippen molar-refractivity contribution in [3.05, 3.63) is 86.1 Å². The van der Waals surface area contributed by atoms with Crippen LogP contribution in [0.4, 0.5) is 0 Å². The quantitative estimate of drug-likeness (QED) is 0.342. The van der Waals surface area contributed by atoms with Crippen LogP contribution in [0.1, 0.15) is 33.7 Å². The first kappa shape index (κ1) is 21.6. The largest absolute Gasteiger partial charge is 0.465 e. The van der Waals surface area contributed by atoms with Crippen molar-refractivity contribution >= 4 is 28.9 Å². The fraction of sp³-hybridized carbons (Fsp3) is 0.167. The molecular weight excluding hydrogens is 488 g/mol. The molecule has 0 spiro atoms. The smallest absolute Gasteiger partial charge is 0.348 e. The molecule has 0 saturated carbocycles. The highest BCUT2D eigenvalue weighted by molar-refractivity contribution is 7.12. The summed E-state index contributed by atoms with van der Waals surface area (Å²) in [6, 6.07) is 10.8. The van der Waals surface area contributed by atoms with Gasteiger partial charge >= 0.3 is 5.97 Å². The van der Waals surface area contributed by atoms with Gasteiger partial charge in [0.05, 0.1) is 30.7 Å². The highest BCUT2D eigenvalue weighted by Gasteiger charge is 2.28. The van der Waals surface area contributed by atoms with Gasteiger partial charge in [0.1, 0.15) is 17.0 Å². The highest BCUT2D eigenvalue weighted by Crippen LogP contribution is 2.35. The van der Waals surface area contributed by atoms with E-state index in [1.165, 1.54) is 18.4 Å². The van der Waals surface area contributed by atoms with Crippen molar-refractivity contribution in [2.75, 3.05) is 7.11 Å². The van der Waals surface area contributed by atoms with E-state index >= 15 is 0 Å². The fourth-order valence-electron chi connectivity index (χ4n) is 4.53. The number of pyridine rings is 1. The number of aryl methyl sites for hydroxylation is 1. The Morgan fingerprint density at radius 1 is 1.23 bits per heavy atom. The first-order chi connectivity index (χ1) is 17.0. The summed E-state index contributed by atoms with van der Waals surface area (Å²) in [6.07, 6.45) is 4.90. The predicted molar refractivity (Wildman–Crippen MR) is 132 cm³/mol. The van der Waals surface area contributed by atoms with Gasteiger partial charge in [0, 0.05) is 33.3 Å². The Labute approximate surface area is 208 Å². The molecule has 176 valence electrons. The molecule has 1 aromatic carbocycles. The number of hydrogen-bond donors (Lipinski definition) is 2. The minimum Gasteiger partial charge on any atom is -0.465 e. The minimum atomic E-state index is -0.367. The summed E-state index contributed by atoms with van der Waals surface area (Å²) in [5, 5.41) is 9.23. The van der Waals surface area contributed by atoms with Crippen LogP contribution >= 0.6 is 22.9 Å². The number of thiophene rings is 1. The normalized spacial score (nSPS) is 14.9. The first-order valence-electron chi connectivity index (χ1n) is 10.9. The van der Waals surface area contributed by atoms with Gasteiger partial charge < -0.3 is 14.3 Å². The van der Waals surface area contributed by atoms with Crippen molar-refractivity contribution in [3.63, 3.8) is 0 Å². The molecule has 0 aliphatic carbocycles. The van der Waals surface area contributed by atoms with Gasteiger partial charge in [0.25, 0.3) is 5.56 Å². The van der Waals surface area contributed by atoms with Gasteiger partial charge in [-0.15, -0.1) is 16.4 Å². The summed E-state index contributed by atoms with van der Waals surface area (Å²) >= 11 is 7.60. The van der Waals surface area contributed by atoms with E-state index in [9.17, 15) is 9.59 Å². The van der Waals surface area contributed by atoms with Crippen LogP contribution in [0, 0.1) is 0 Å². The van der Waals surface area contributed by atoms with Crippen LogP contribution in [0.25, 0.3) is 28.1 Å². The number of carbonyl (C=O) groups excluding carboxylic acids is 1. The Morgan fingerprint density at radius 3 is 2.86 bits per heavy atom. The van der Waals surface area contributed by atoms with E-state index < -0.39 is 0 Å². The molecule has 5 aromatic rings. The lowest BCUT2D eigenvalue weighted by molar-refractivity contribution is 0.0606. The summed E-state index contributed by atoms with van der Waals surface area (Å²) in [5.74, 6) is 0.344. The highest BCUT2D eigenvalue weighted by atomic mass is 35.5. The third kappa shape index (κ3) is 3.71. The van der Waals surface area contributed by atoms with Crippen LogP contribution in [0.15, 0.2) is 59.1 Å². The predicted octanol–water partition coefficient (Wildman–Crippen LogP) is 4.46. The SMILES string of the molecule is COC(=O)c1cc(-c2cnc([C@@H]3CCc4cc(-c5cc(Cl)ccc5-n5cn[nH]5)cc(=O)n43)[nH]2)cs1. The number of benzene rings is 1. The van der Waals surface area contributed by atoms with Crippen LogP contribution in [0.2, 0.25) is 5.02 Å². The summed E-state index contributed by atoms with van der Waals surface area (Å²) < 4.78 is 8.37. The number of rotatable bonds is 5. The molecule has 0 saturated heterocycles. The third-order valence-electron chi connectivity index (χ3n) is 6.21. The molecule has 0 radical (unpaired) electrons. The van der Waals surface area contributed by atoms with Crippen molar-refractivity contribution in [1.82, 2.24) is 29.5 Å². The van der Waals surface area contributed by atoms with E-state index in [1.807, 2.05) is 23.6 Å². The number of carbonyl (C=O) groups is 1. The van der Waals surface area contributed by atoms with Gasteiger partial charge in [-0.05, 0) is 48.7 Å². The average Bonchev–Trinajstić information content (AvgIpc) is 3.57. The minimum absolute atomic E-state index is 0.0994. The fourth-order valence-corrected chi connectivity index (χ4v) is 5.52. The maximum atomic E-state index is 13.3. The Balaban J connectivity index is 1.34. The van der Waals surface area contributed by atoms with Crippen molar-refractivity contribution in [3.8, 4) is 28.1 Å². The molecule has 1 atom stereocenters. The average molecular weight is 507 g/mol. The lowest BCUT2D eigenvalue weighted by atomic mass is 10.0. The van der Waals surface area contributed by atoms with Crippen molar-refractivity contribution in [2.45, 2.75) is 18.9 Å². The molecule has 11 heteroatoms. The standard InChI is InChI=1S/C24H19ClN6O3S/c1-34-24(33)21-7-14(11-35-21)18-10-26-23(28-18)20-5-3-16-6-13(8-22(32)31(16)20)17-9-15(25)2-4-19(17)30-12-27-29-30/h2,4,6-12,20,29H,3,5H2,1H3,(H,26,28)/t20-/m0/s1. The van der Waals surface area contributed by atoms with Gasteiger partial charge in [-0.1, -0.05) is 11.6 Å². The Morgan fingerprint density at radius 2 is 2.09 bits per heavy atom. The van der Waals surface area contributed by atoms with Gasteiger partial charge in [0.15, 0.2) is 0 Å². The molecular formula is C24H19ClN6O3S. The number of ether oxygens (including phenoxy) is 1. The van der Waals surface area contributed by atoms with Crippen LogP contribution in [-0.4, -0.2) is 42.6 Å². The lowest BCUT2D eigenvalue weighted by Gasteiger charge is -2.16. The van der Waals surface area contributed by atoms with E-state index in [4.69, 9.17) is 16.3 Å². The molecule has 1 aliphatic rings. The summed E-state index contributed by atoms with van der Waals surface area (Å²) in [7, 11) is 1.36. The molecule has 9 nitrogen and oxygen atoms in total. The van der Waals surface area contributed by atoms with Gasteiger partial charge in [-0.2, -0.15) is 0 Å². The maximum Gasteiger partial charge on any atom is 0.348 e. The second-order valence-corrected chi connectivity index (χ2v) is 9.60.